The third-order valence-electron chi connectivity index (χ3n) is 3.62. The van der Waals surface area contributed by atoms with Gasteiger partial charge in [0.05, 0.1) is 12.3 Å². The number of rotatable bonds is 3. The van der Waals surface area contributed by atoms with Gasteiger partial charge in [-0.3, -0.25) is 0 Å². The summed E-state index contributed by atoms with van der Waals surface area (Å²) in [5.41, 5.74) is 0. The van der Waals surface area contributed by atoms with Crippen LogP contribution in [0.2, 0.25) is 0 Å². The van der Waals surface area contributed by atoms with Crippen LogP contribution in [0.3, 0.4) is 0 Å². The van der Waals surface area contributed by atoms with E-state index in [2.05, 4.69) is 35.7 Å². The molecular weight excluding hydrogens is 257 g/mol. The number of nitrogens with zero attached hydrogens (tertiary/aromatic N) is 3. The summed E-state index contributed by atoms with van der Waals surface area (Å²) in [5, 5.41) is 0. The molecule has 1 saturated heterocycles. The molecule has 0 saturated carbocycles. The zero-order valence-electron chi connectivity index (χ0n) is 12.1. The van der Waals surface area contributed by atoms with E-state index in [0.717, 1.165) is 12.8 Å². The molecule has 0 N–H and O–H groups in total. The summed E-state index contributed by atoms with van der Waals surface area (Å²) < 4.78 is 19.6. The van der Waals surface area contributed by atoms with Crippen LogP contribution in [0.4, 0.5) is 10.2 Å². The van der Waals surface area contributed by atoms with Crippen LogP contribution >= 0.6 is 0 Å². The number of aromatic nitrogens is 2. The van der Waals surface area contributed by atoms with Gasteiger partial charge in [-0.15, -0.1) is 5.92 Å². The standard InChI is InChI=1S/C15H20FN3O/c1-4-5-6-20-13-7-11(2)19(12(3)8-13)15-14(16)9-17-10-18-15/h9-13H,6-8H2,1-3H3/t11-,12+,13?. The highest BCUT2D eigenvalue weighted by Crippen LogP contribution is 2.30. The molecule has 0 aliphatic carbocycles. The molecule has 1 aliphatic rings. The average molecular weight is 277 g/mol. The molecule has 1 aliphatic heterocycles. The summed E-state index contributed by atoms with van der Waals surface area (Å²) in [4.78, 5) is 9.80. The zero-order chi connectivity index (χ0) is 14.5. The van der Waals surface area contributed by atoms with Crippen molar-refractivity contribution in [3.05, 3.63) is 18.3 Å². The summed E-state index contributed by atoms with van der Waals surface area (Å²) in [6.07, 6.45) is 4.46. The molecule has 0 spiro atoms. The van der Waals surface area contributed by atoms with E-state index in [1.165, 1.54) is 12.5 Å². The molecular formula is C15H20FN3O. The Morgan fingerprint density at radius 2 is 2.10 bits per heavy atom. The van der Waals surface area contributed by atoms with E-state index < -0.39 is 0 Å². The Labute approximate surface area is 119 Å². The Bertz CT molecular complexity index is 499. The van der Waals surface area contributed by atoms with Crippen LogP contribution in [0.5, 0.6) is 0 Å². The van der Waals surface area contributed by atoms with E-state index in [4.69, 9.17) is 4.74 Å². The number of hydrogen-bond acceptors (Lipinski definition) is 4. The van der Waals surface area contributed by atoms with E-state index in [9.17, 15) is 4.39 Å². The minimum absolute atomic E-state index is 0.169. The van der Waals surface area contributed by atoms with Crippen LogP contribution in [0.15, 0.2) is 12.5 Å². The minimum atomic E-state index is -0.373. The molecule has 1 fully saturated rings. The van der Waals surface area contributed by atoms with Crippen molar-refractivity contribution in [1.82, 2.24) is 9.97 Å². The van der Waals surface area contributed by atoms with Crippen molar-refractivity contribution in [2.24, 2.45) is 0 Å². The molecule has 20 heavy (non-hydrogen) atoms. The highest BCUT2D eigenvalue weighted by atomic mass is 19.1. The second kappa shape index (κ2) is 6.67. The topological polar surface area (TPSA) is 38.2 Å². The minimum Gasteiger partial charge on any atom is -0.365 e. The van der Waals surface area contributed by atoms with Crippen molar-refractivity contribution < 1.29 is 9.13 Å². The van der Waals surface area contributed by atoms with E-state index in [1.807, 2.05) is 4.90 Å². The third kappa shape index (κ3) is 3.26. The Kier molecular flexibility index (Phi) is 4.91. The lowest BCUT2D eigenvalue weighted by Gasteiger charge is -2.43. The van der Waals surface area contributed by atoms with Gasteiger partial charge in [0.2, 0.25) is 0 Å². The summed E-state index contributed by atoms with van der Waals surface area (Å²) in [5.74, 6) is 5.74. The molecule has 1 aromatic heterocycles. The third-order valence-corrected chi connectivity index (χ3v) is 3.62. The number of anilines is 1. The number of piperidine rings is 1. The Balaban J connectivity index is 2.07. The van der Waals surface area contributed by atoms with Gasteiger partial charge >= 0.3 is 0 Å². The van der Waals surface area contributed by atoms with Crippen molar-refractivity contribution in [3.63, 3.8) is 0 Å². The molecule has 4 nitrogen and oxygen atoms in total. The molecule has 5 heteroatoms. The van der Waals surface area contributed by atoms with Crippen LogP contribution in [-0.2, 0) is 4.74 Å². The molecule has 0 amide bonds. The monoisotopic (exact) mass is 277 g/mol. The molecule has 0 bridgehead atoms. The molecule has 2 rings (SSSR count). The molecule has 108 valence electrons. The van der Waals surface area contributed by atoms with Gasteiger partial charge in [0.25, 0.3) is 0 Å². The fraction of sp³-hybridized carbons (Fsp3) is 0.600. The first-order chi connectivity index (χ1) is 9.63. The quantitative estimate of drug-likeness (QED) is 0.795. The number of halogens is 1. The summed E-state index contributed by atoms with van der Waals surface area (Å²) >= 11 is 0. The summed E-state index contributed by atoms with van der Waals surface area (Å²) in [6.45, 7) is 6.40. The molecule has 1 unspecified atom stereocenters. The first kappa shape index (κ1) is 14.7. The van der Waals surface area contributed by atoms with Gasteiger partial charge in [0.15, 0.2) is 11.6 Å². The van der Waals surface area contributed by atoms with E-state index in [1.54, 1.807) is 6.92 Å². The average Bonchev–Trinajstić information content (AvgIpc) is 2.40. The molecule has 2 heterocycles. The Hall–Kier alpha value is -1.67. The predicted octanol–water partition coefficient (Wildman–Crippen LogP) is 2.40. The van der Waals surface area contributed by atoms with Crippen molar-refractivity contribution in [2.45, 2.75) is 51.8 Å². The van der Waals surface area contributed by atoms with Crippen molar-refractivity contribution in [3.8, 4) is 11.8 Å². The van der Waals surface area contributed by atoms with E-state index in [0.29, 0.717) is 12.4 Å². The Morgan fingerprint density at radius 3 is 2.70 bits per heavy atom. The summed E-state index contributed by atoms with van der Waals surface area (Å²) in [7, 11) is 0. The second-order valence-corrected chi connectivity index (χ2v) is 5.13. The largest absolute Gasteiger partial charge is 0.365 e. The molecule has 1 aromatic rings. The summed E-state index contributed by atoms with van der Waals surface area (Å²) in [6, 6.07) is 0.338. The van der Waals surface area contributed by atoms with E-state index >= 15 is 0 Å². The first-order valence-electron chi connectivity index (χ1n) is 6.88. The smallest absolute Gasteiger partial charge is 0.183 e. The highest BCUT2D eigenvalue weighted by molar-refractivity contribution is 5.41. The lowest BCUT2D eigenvalue weighted by atomic mass is 9.94. The van der Waals surface area contributed by atoms with Gasteiger partial charge < -0.3 is 9.64 Å². The molecule has 0 aromatic carbocycles. The van der Waals surface area contributed by atoms with Gasteiger partial charge in [0, 0.05) is 12.1 Å². The maximum atomic E-state index is 13.9. The fourth-order valence-electron chi connectivity index (χ4n) is 2.80. The normalized spacial score (nSPS) is 26.0. The van der Waals surface area contributed by atoms with Crippen molar-refractivity contribution in [2.75, 3.05) is 11.5 Å². The Morgan fingerprint density at radius 1 is 1.40 bits per heavy atom. The fourth-order valence-corrected chi connectivity index (χ4v) is 2.80. The maximum Gasteiger partial charge on any atom is 0.183 e. The van der Waals surface area contributed by atoms with E-state index in [-0.39, 0.29) is 24.0 Å². The van der Waals surface area contributed by atoms with Crippen LogP contribution in [-0.4, -0.2) is 34.8 Å². The van der Waals surface area contributed by atoms with Crippen LogP contribution < -0.4 is 4.90 Å². The van der Waals surface area contributed by atoms with Gasteiger partial charge in [-0.25, -0.2) is 14.4 Å². The van der Waals surface area contributed by atoms with Crippen LogP contribution in [0.25, 0.3) is 0 Å². The SMILES string of the molecule is CC#CCOC1C[C@@H](C)N(c2ncncc2F)[C@@H](C)C1. The molecule has 3 atom stereocenters. The zero-order valence-corrected chi connectivity index (χ0v) is 12.1. The highest BCUT2D eigenvalue weighted by Gasteiger charge is 2.33. The van der Waals surface area contributed by atoms with Crippen LogP contribution in [0.1, 0.15) is 33.6 Å². The van der Waals surface area contributed by atoms with Gasteiger partial charge in [-0.05, 0) is 33.6 Å². The lowest BCUT2D eigenvalue weighted by molar-refractivity contribution is 0.0410. The predicted molar refractivity (Wildman–Crippen MR) is 75.8 cm³/mol. The van der Waals surface area contributed by atoms with Crippen LogP contribution in [0, 0.1) is 17.7 Å². The second-order valence-electron chi connectivity index (χ2n) is 5.13. The maximum absolute atomic E-state index is 13.9. The number of hydrogen-bond donors (Lipinski definition) is 0. The van der Waals surface area contributed by atoms with Gasteiger partial charge in [-0.2, -0.15) is 0 Å². The van der Waals surface area contributed by atoms with Crippen molar-refractivity contribution in [1.29, 1.82) is 0 Å². The number of ether oxygens (including phenoxy) is 1. The van der Waals surface area contributed by atoms with Gasteiger partial charge in [-0.1, -0.05) is 5.92 Å². The first-order valence-corrected chi connectivity index (χ1v) is 6.88. The lowest BCUT2D eigenvalue weighted by Crippen LogP contribution is -2.49. The molecule has 0 radical (unpaired) electrons. The van der Waals surface area contributed by atoms with Gasteiger partial charge in [0.1, 0.15) is 12.9 Å². The van der Waals surface area contributed by atoms with Crippen molar-refractivity contribution >= 4 is 5.82 Å².